The third-order valence-electron chi connectivity index (χ3n) is 3.22. The molecule has 0 amide bonds. The number of rotatable bonds is 1. The molecule has 0 atom stereocenters. The molecule has 0 N–H and O–H groups in total. The van der Waals surface area contributed by atoms with Gasteiger partial charge in [0.2, 0.25) is 0 Å². The lowest BCUT2D eigenvalue weighted by Gasteiger charge is -2.03. The summed E-state index contributed by atoms with van der Waals surface area (Å²) in [7, 11) is 0. The molecule has 0 aliphatic rings. The summed E-state index contributed by atoms with van der Waals surface area (Å²) in [6, 6.07) is 18.6. The van der Waals surface area contributed by atoms with Crippen molar-refractivity contribution in [2.24, 2.45) is 0 Å². The van der Waals surface area contributed by atoms with Crippen LogP contribution >= 0.6 is 33.9 Å². The van der Waals surface area contributed by atoms with E-state index in [2.05, 4.69) is 59.0 Å². The number of hydrogen-bond acceptors (Lipinski definition) is 3. The number of nitrogens with zero attached hydrogens (tertiary/aromatic N) is 2. The molecule has 0 aliphatic heterocycles. The molecular formula is C16H9IN2S. The van der Waals surface area contributed by atoms with Crippen molar-refractivity contribution in [3.63, 3.8) is 0 Å². The Bertz CT molecular complexity index is 916. The number of halogens is 1. The molecule has 4 aromatic rings. The maximum Gasteiger partial charge on any atom is 0.144 e. The number of thiophene rings is 1. The molecule has 0 fully saturated rings. The Morgan fingerprint density at radius 3 is 2.45 bits per heavy atom. The van der Waals surface area contributed by atoms with E-state index in [0.717, 1.165) is 25.3 Å². The van der Waals surface area contributed by atoms with Crippen LogP contribution in [0.5, 0.6) is 0 Å². The zero-order valence-corrected chi connectivity index (χ0v) is 13.4. The molecule has 0 saturated carbocycles. The summed E-state index contributed by atoms with van der Waals surface area (Å²) in [6.07, 6.45) is 0. The maximum atomic E-state index is 4.87. The number of hydrogen-bond donors (Lipinski definition) is 0. The third-order valence-corrected chi connectivity index (χ3v) is 5.02. The SMILES string of the molecule is Ic1nc2sc3ccccc3c2nc1-c1ccccc1. The highest BCUT2D eigenvalue weighted by Gasteiger charge is 2.12. The minimum Gasteiger partial charge on any atom is -0.242 e. The van der Waals surface area contributed by atoms with Gasteiger partial charge in [-0.05, 0) is 28.7 Å². The molecule has 0 aliphatic carbocycles. The predicted octanol–water partition coefficient (Wildman–Crippen LogP) is 5.12. The zero-order valence-electron chi connectivity index (χ0n) is 10.4. The molecule has 0 saturated heterocycles. The summed E-state index contributed by atoms with van der Waals surface area (Å²) in [5, 5.41) is 1.19. The van der Waals surface area contributed by atoms with Crippen LogP contribution in [-0.4, -0.2) is 9.97 Å². The molecule has 96 valence electrons. The van der Waals surface area contributed by atoms with E-state index >= 15 is 0 Å². The predicted molar refractivity (Wildman–Crippen MR) is 93.1 cm³/mol. The Balaban J connectivity index is 2.08. The van der Waals surface area contributed by atoms with Crippen LogP contribution in [0.3, 0.4) is 0 Å². The van der Waals surface area contributed by atoms with Gasteiger partial charge in [-0.2, -0.15) is 0 Å². The second-order valence-electron chi connectivity index (χ2n) is 4.48. The van der Waals surface area contributed by atoms with Gasteiger partial charge in [-0.3, -0.25) is 0 Å². The van der Waals surface area contributed by atoms with Crippen molar-refractivity contribution in [2.45, 2.75) is 0 Å². The van der Waals surface area contributed by atoms with E-state index in [4.69, 9.17) is 9.97 Å². The molecule has 0 bridgehead atoms. The molecule has 0 radical (unpaired) electrons. The number of benzene rings is 2. The van der Waals surface area contributed by atoms with Gasteiger partial charge in [0.15, 0.2) is 0 Å². The molecule has 0 spiro atoms. The Labute approximate surface area is 133 Å². The van der Waals surface area contributed by atoms with Gasteiger partial charge in [0.1, 0.15) is 19.7 Å². The van der Waals surface area contributed by atoms with E-state index in [0.29, 0.717) is 0 Å². The Morgan fingerprint density at radius 1 is 0.850 bits per heavy atom. The molecule has 0 unspecified atom stereocenters. The van der Waals surface area contributed by atoms with Gasteiger partial charge in [-0.1, -0.05) is 48.5 Å². The minimum absolute atomic E-state index is 0.952. The first-order valence-electron chi connectivity index (χ1n) is 6.23. The standard InChI is InChI=1S/C16H9IN2S/c17-15-13(10-6-2-1-3-7-10)18-14-11-8-4-5-9-12(11)20-16(14)19-15/h1-9H. The monoisotopic (exact) mass is 388 g/mol. The highest BCUT2D eigenvalue weighted by molar-refractivity contribution is 14.1. The second kappa shape index (κ2) is 4.79. The van der Waals surface area contributed by atoms with Gasteiger partial charge in [-0.25, -0.2) is 9.97 Å². The van der Waals surface area contributed by atoms with Crippen molar-refractivity contribution in [1.29, 1.82) is 0 Å². The van der Waals surface area contributed by atoms with Gasteiger partial charge in [-0.15, -0.1) is 11.3 Å². The molecule has 2 aromatic carbocycles. The Kier molecular flexibility index (Phi) is 2.93. The van der Waals surface area contributed by atoms with Crippen LogP contribution in [0.4, 0.5) is 0 Å². The summed E-state index contributed by atoms with van der Waals surface area (Å²) >= 11 is 3.97. The third kappa shape index (κ3) is 1.91. The summed E-state index contributed by atoms with van der Waals surface area (Å²) in [4.78, 5) is 10.6. The van der Waals surface area contributed by atoms with Gasteiger partial charge in [0, 0.05) is 15.6 Å². The van der Waals surface area contributed by atoms with E-state index in [1.165, 1.54) is 10.1 Å². The van der Waals surface area contributed by atoms with Crippen LogP contribution in [0.1, 0.15) is 0 Å². The highest BCUT2D eigenvalue weighted by Crippen LogP contribution is 2.34. The first kappa shape index (κ1) is 12.2. The lowest BCUT2D eigenvalue weighted by atomic mass is 10.1. The van der Waals surface area contributed by atoms with Crippen LogP contribution in [0.15, 0.2) is 54.6 Å². The van der Waals surface area contributed by atoms with E-state index in [-0.39, 0.29) is 0 Å². The van der Waals surface area contributed by atoms with Crippen LogP contribution in [-0.2, 0) is 0 Å². The van der Waals surface area contributed by atoms with Crippen LogP contribution in [0, 0.1) is 3.70 Å². The molecular weight excluding hydrogens is 379 g/mol. The lowest BCUT2D eigenvalue weighted by Crippen LogP contribution is -1.92. The number of fused-ring (bicyclic) bond motifs is 3. The van der Waals surface area contributed by atoms with Gasteiger partial charge < -0.3 is 0 Å². The Morgan fingerprint density at radius 2 is 1.60 bits per heavy atom. The summed E-state index contributed by atoms with van der Waals surface area (Å²) < 4.78 is 2.19. The summed E-state index contributed by atoms with van der Waals surface area (Å²) in [5.74, 6) is 0. The first-order valence-corrected chi connectivity index (χ1v) is 8.12. The summed E-state index contributed by atoms with van der Waals surface area (Å²) in [6.45, 7) is 0. The molecule has 2 nitrogen and oxygen atoms in total. The van der Waals surface area contributed by atoms with Gasteiger partial charge in [0.05, 0.1) is 0 Å². The van der Waals surface area contributed by atoms with E-state index in [9.17, 15) is 0 Å². The fourth-order valence-electron chi connectivity index (χ4n) is 2.28. The lowest BCUT2D eigenvalue weighted by molar-refractivity contribution is 1.27. The topological polar surface area (TPSA) is 25.8 Å². The molecule has 4 heteroatoms. The quantitative estimate of drug-likeness (QED) is 0.423. The largest absolute Gasteiger partial charge is 0.242 e. The van der Waals surface area contributed by atoms with Crippen molar-refractivity contribution in [1.82, 2.24) is 9.97 Å². The van der Waals surface area contributed by atoms with E-state index in [1.54, 1.807) is 11.3 Å². The fraction of sp³-hybridized carbons (Fsp3) is 0. The van der Waals surface area contributed by atoms with Crippen molar-refractivity contribution in [3.05, 3.63) is 58.3 Å². The highest BCUT2D eigenvalue weighted by atomic mass is 127. The molecule has 2 heterocycles. The van der Waals surface area contributed by atoms with E-state index < -0.39 is 0 Å². The fourth-order valence-corrected chi connectivity index (χ4v) is 4.14. The second-order valence-corrected chi connectivity index (χ2v) is 6.53. The van der Waals surface area contributed by atoms with Crippen LogP contribution in [0.2, 0.25) is 0 Å². The maximum absolute atomic E-state index is 4.87. The van der Waals surface area contributed by atoms with Gasteiger partial charge >= 0.3 is 0 Å². The normalized spacial score (nSPS) is 11.2. The zero-order chi connectivity index (χ0) is 13.5. The molecule has 4 rings (SSSR count). The average Bonchev–Trinajstić information content (AvgIpc) is 2.84. The minimum atomic E-state index is 0.952. The first-order chi connectivity index (χ1) is 9.83. The van der Waals surface area contributed by atoms with Gasteiger partial charge in [0.25, 0.3) is 0 Å². The van der Waals surface area contributed by atoms with Crippen molar-refractivity contribution in [2.75, 3.05) is 0 Å². The van der Waals surface area contributed by atoms with Crippen molar-refractivity contribution in [3.8, 4) is 11.3 Å². The van der Waals surface area contributed by atoms with E-state index in [1.807, 2.05) is 18.2 Å². The smallest absolute Gasteiger partial charge is 0.144 e. The van der Waals surface area contributed by atoms with Crippen LogP contribution in [0.25, 0.3) is 31.7 Å². The Hall–Kier alpha value is -1.53. The van der Waals surface area contributed by atoms with Crippen molar-refractivity contribution < 1.29 is 0 Å². The van der Waals surface area contributed by atoms with Crippen molar-refractivity contribution >= 4 is 54.4 Å². The average molecular weight is 388 g/mol. The van der Waals surface area contributed by atoms with Crippen LogP contribution < -0.4 is 0 Å². The molecule has 20 heavy (non-hydrogen) atoms. The summed E-state index contributed by atoms with van der Waals surface area (Å²) in [5.41, 5.74) is 3.08. The molecule has 2 aromatic heterocycles. The number of aromatic nitrogens is 2.